The number of aromatic nitrogens is 4. The van der Waals surface area contributed by atoms with Crippen LogP contribution in [0.25, 0.3) is 0 Å². The van der Waals surface area contributed by atoms with Gasteiger partial charge in [0.1, 0.15) is 11.8 Å². The Hall–Kier alpha value is -1.89. The zero-order valence-electron chi connectivity index (χ0n) is 14.1. The van der Waals surface area contributed by atoms with E-state index in [1.54, 1.807) is 4.68 Å². The fourth-order valence-electron chi connectivity index (χ4n) is 2.00. The molecule has 0 amide bonds. The summed E-state index contributed by atoms with van der Waals surface area (Å²) in [6.07, 6.45) is -0.193. The average Bonchev–Trinajstić information content (AvgIpc) is 3.01. The molecule has 1 atom stereocenters. The van der Waals surface area contributed by atoms with Gasteiger partial charge in [0.05, 0.1) is 5.69 Å². The van der Waals surface area contributed by atoms with Crippen molar-refractivity contribution >= 4 is 0 Å². The van der Waals surface area contributed by atoms with Crippen LogP contribution >= 0.6 is 0 Å². The van der Waals surface area contributed by atoms with E-state index in [1.165, 1.54) is 0 Å². The monoisotopic (exact) mass is 308 g/mol. The predicted octanol–water partition coefficient (Wildman–Crippen LogP) is 2.73. The number of hydrogen-bond acceptors (Lipinski definition) is 6. The van der Waals surface area contributed by atoms with Crippen molar-refractivity contribution in [2.75, 3.05) is 6.61 Å². The van der Waals surface area contributed by atoms with Crippen LogP contribution in [-0.2, 0) is 18.4 Å². The van der Waals surface area contributed by atoms with Crippen LogP contribution in [0, 0.1) is 19.8 Å². The Morgan fingerprint density at radius 3 is 2.55 bits per heavy atom. The van der Waals surface area contributed by atoms with Crippen molar-refractivity contribution in [2.45, 2.75) is 47.3 Å². The first kappa shape index (κ1) is 16.5. The summed E-state index contributed by atoms with van der Waals surface area (Å²) in [6.45, 7) is 10.8. The molecule has 0 N–H and O–H groups in total. The molecule has 0 unspecified atom stereocenters. The molecule has 2 rings (SSSR count). The van der Waals surface area contributed by atoms with E-state index in [0.717, 1.165) is 17.1 Å². The highest BCUT2D eigenvalue weighted by Gasteiger charge is 2.17. The van der Waals surface area contributed by atoms with Gasteiger partial charge in [-0.2, -0.15) is 10.1 Å². The summed E-state index contributed by atoms with van der Waals surface area (Å²) < 4.78 is 18.4. The topological polar surface area (TPSA) is 75.2 Å². The summed E-state index contributed by atoms with van der Waals surface area (Å²) in [7, 11) is 1.88. The van der Waals surface area contributed by atoms with Gasteiger partial charge in [-0.1, -0.05) is 19.0 Å². The van der Waals surface area contributed by atoms with Gasteiger partial charge >= 0.3 is 0 Å². The van der Waals surface area contributed by atoms with E-state index in [4.69, 9.17) is 14.0 Å². The van der Waals surface area contributed by atoms with Crippen molar-refractivity contribution in [3.63, 3.8) is 0 Å². The van der Waals surface area contributed by atoms with E-state index in [1.807, 2.05) is 27.8 Å². The Balaban J connectivity index is 1.94. The van der Waals surface area contributed by atoms with Crippen molar-refractivity contribution in [2.24, 2.45) is 13.0 Å². The first-order valence-electron chi connectivity index (χ1n) is 7.45. The van der Waals surface area contributed by atoms with Gasteiger partial charge < -0.3 is 14.0 Å². The van der Waals surface area contributed by atoms with Crippen LogP contribution < -0.4 is 4.74 Å². The summed E-state index contributed by atoms with van der Waals surface area (Å²) in [5, 5.41) is 8.25. The SMILES string of the molecule is Cc1nn(C)c(C)c1OCc1nc([C@H](C)OCC(C)C)no1. The van der Waals surface area contributed by atoms with E-state index in [-0.39, 0.29) is 12.7 Å². The highest BCUT2D eigenvalue weighted by molar-refractivity contribution is 5.31. The largest absolute Gasteiger partial charge is 0.480 e. The molecule has 0 aliphatic carbocycles. The fraction of sp³-hybridized carbons (Fsp3) is 0.667. The second kappa shape index (κ2) is 6.91. The molecular formula is C15H24N4O3. The van der Waals surface area contributed by atoms with Gasteiger partial charge in [-0.25, -0.2) is 0 Å². The van der Waals surface area contributed by atoms with Crippen LogP contribution in [0.3, 0.4) is 0 Å². The van der Waals surface area contributed by atoms with Crippen LogP contribution in [0.15, 0.2) is 4.52 Å². The van der Waals surface area contributed by atoms with Crippen LogP contribution in [-0.4, -0.2) is 26.5 Å². The van der Waals surface area contributed by atoms with Crippen LogP contribution in [0.4, 0.5) is 0 Å². The Morgan fingerprint density at radius 1 is 1.23 bits per heavy atom. The normalized spacial score (nSPS) is 12.9. The highest BCUT2D eigenvalue weighted by atomic mass is 16.5. The quantitative estimate of drug-likeness (QED) is 0.783. The highest BCUT2D eigenvalue weighted by Crippen LogP contribution is 2.22. The summed E-state index contributed by atoms with van der Waals surface area (Å²) in [4.78, 5) is 4.31. The Bertz CT molecular complexity index is 618. The first-order chi connectivity index (χ1) is 10.4. The van der Waals surface area contributed by atoms with Crippen LogP contribution in [0.1, 0.15) is 50.0 Å². The van der Waals surface area contributed by atoms with Crippen molar-refractivity contribution in [3.8, 4) is 5.75 Å². The van der Waals surface area contributed by atoms with Gasteiger partial charge in [-0.15, -0.1) is 0 Å². The molecule has 0 radical (unpaired) electrons. The van der Waals surface area contributed by atoms with E-state index in [9.17, 15) is 0 Å². The summed E-state index contributed by atoms with van der Waals surface area (Å²) in [5.74, 6) is 2.19. The molecule has 0 spiro atoms. The third-order valence-electron chi connectivity index (χ3n) is 3.31. The minimum absolute atomic E-state index is 0.193. The third-order valence-corrected chi connectivity index (χ3v) is 3.31. The van der Waals surface area contributed by atoms with Gasteiger partial charge in [-0.3, -0.25) is 4.68 Å². The molecule has 7 nitrogen and oxygen atoms in total. The lowest BCUT2D eigenvalue weighted by atomic mass is 10.2. The number of aryl methyl sites for hydroxylation is 2. The molecule has 0 bridgehead atoms. The molecule has 2 heterocycles. The summed E-state index contributed by atoms with van der Waals surface area (Å²) >= 11 is 0. The van der Waals surface area contributed by atoms with E-state index < -0.39 is 0 Å². The van der Waals surface area contributed by atoms with Gasteiger partial charge in [-0.05, 0) is 26.7 Å². The zero-order valence-corrected chi connectivity index (χ0v) is 14.1. The predicted molar refractivity (Wildman–Crippen MR) is 80.5 cm³/mol. The zero-order chi connectivity index (χ0) is 16.3. The van der Waals surface area contributed by atoms with Gasteiger partial charge in [0.25, 0.3) is 5.89 Å². The number of hydrogen-bond donors (Lipinski definition) is 0. The first-order valence-corrected chi connectivity index (χ1v) is 7.45. The van der Waals surface area contributed by atoms with Gasteiger partial charge in [0.15, 0.2) is 18.2 Å². The van der Waals surface area contributed by atoms with Crippen molar-refractivity contribution in [1.82, 2.24) is 19.9 Å². The van der Waals surface area contributed by atoms with E-state index in [2.05, 4.69) is 29.1 Å². The second-order valence-electron chi connectivity index (χ2n) is 5.83. The third kappa shape index (κ3) is 3.85. The minimum atomic E-state index is -0.193. The molecule has 122 valence electrons. The van der Waals surface area contributed by atoms with Crippen molar-refractivity contribution in [1.29, 1.82) is 0 Å². The smallest absolute Gasteiger partial charge is 0.264 e. The standard InChI is InChI=1S/C15H24N4O3/c1-9(2)7-20-12(5)15-16-13(22-18-15)8-21-14-10(3)17-19(6)11(14)4/h9,12H,7-8H2,1-6H3/t12-/m0/s1. The van der Waals surface area contributed by atoms with Gasteiger partial charge in [0, 0.05) is 13.7 Å². The average molecular weight is 308 g/mol. The fourth-order valence-corrected chi connectivity index (χ4v) is 2.00. The molecule has 0 aromatic carbocycles. The molecule has 7 heteroatoms. The summed E-state index contributed by atoms with van der Waals surface area (Å²) in [5.41, 5.74) is 1.80. The molecule has 2 aromatic heterocycles. The maximum absolute atomic E-state index is 5.75. The summed E-state index contributed by atoms with van der Waals surface area (Å²) in [6, 6.07) is 0. The Morgan fingerprint density at radius 2 is 1.95 bits per heavy atom. The molecule has 0 aliphatic heterocycles. The molecule has 2 aromatic rings. The maximum atomic E-state index is 5.75. The second-order valence-corrected chi connectivity index (χ2v) is 5.83. The number of rotatable bonds is 7. The number of ether oxygens (including phenoxy) is 2. The molecule has 0 saturated carbocycles. The van der Waals surface area contributed by atoms with Crippen molar-refractivity contribution < 1.29 is 14.0 Å². The van der Waals surface area contributed by atoms with Crippen LogP contribution in [0.2, 0.25) is 0 Å². The Labute approximate surface area is 130 Å². The lowest BCUT2D eigenvalue weighted by Gasteiger charge is -2.10. The lowest BCUT2D eigenvalue weighted by molar-refractivity contribution is 0.0402. The van der Waals surface area contributed by atoms with E-state index in [0.29, 0.717) is 24.2 Å². The van der Waals surface area contributed by atoms with Gasteiger partial charge in [0.2, 0.25) is 0 Å². The number of nitrogens with zero attached hydrogens (tertiary/aromatic N) is 4. The molecule has 22 heavy (non-hydrogen) atoms. The molecular weight excluding hydrogens is 284 g/mol. The van der Waals surface area contributed by atoms with E-state index >= 15 is 0 Å². The minimum Gasteiger partial charge on any atom is -0.480 e. The Kier molecular flexibility index (Phi) is 5.18. The van der Waals surface area contributed by atoms with Crippen LogP contribution in [0.5, 0.6) is 5.75 Å². The maximum Gasteiger partial charge on any atom is 0.264 e. The lowest BCUT2D eigenvalue weighted by Crippen LogP contribution is -2.08. The molecule has 0 saturated heterocycles. The van der Waals surface area contributed by atoms with Crippen molar-refractivity contribution in [3.05, 3.63) is 23.1 Å². The molecule has 0 aliphatic rings. The molecule has 0 fully saturated rings.